The summed E-state index contributed by atoms with van der Waals surface area (Å²) in [5.74, 6) is -3.30. The molecule has 2 rings (SSSR count). The fourth-order valence-electron chi connectivity index (χ4n) is 3.35. The molecule has 0 aromatic heterocycles. The van der Waals surface area contributed by atoms with Gasteiger partial charge >= 0.3 is 11.9 Å². The molecule has 2 aromatic rings. The molecule has 0 aliphatic rings. The number of halogens is 2. The van der Waals surface area contributed by atoms with Crippen molar-refractivity contribution >= 4 is 11.9 Å². The Bertz CT molecular complexity index is 867. The monoisotopic (exact) mass is 446 g/mol. The lowest BCUT2D eigenvalue weighted by molar-refractivity contribution is 0.0436. The normalized spacial score (nSPS) is 10.7. The van der Waals surface area contributed by atoms with Crippen LogP contribution in [0.15, 0.2) is 42.5 Å². The van der Waals surface area contributed by atoms with Crippen LogP contribution in [0.25, 0.3) is 0 Å². The highest BCUT2D eigenvalue weighted by molar-refractivity contribution is 6.03. The first-order valence-electron chi connectivity index (χ1n) is 11.4. The molecular weight excluding hydrogens is 414 g/mol. The van der Waals surface area contributed by atoms with Gasteiger partial charge in [0.1, 0.15) is 6.61 Å². The van der Waals surface area contributed by atoms with Crippen molar-refractivity contribution in [1.82, 2.24) is 0 Å². The number of benzene rings is 2. The molecule has 0 N–H and O–H groups in total. The fraction of sp³-hybridized carbons (Fsp3) is 0.462. The van der Waals surface area contributed by atoms with Crippen LogP contribution >= 0.6 is 0 Å². The summed E-state index contributed by atoms with van der Waals surface area (Å²) < 4.78 is 36.8. The van der Waals surface area contributed by atoms with Gasteiger partial charge in [0.2, 0.25) is 0 Å². The van der Waals surface area contributed by atoms with Crippen molar-refractivity contribution in [2.45, 2.75) is 71.3 Å². The van der Waals surface area contributed by atoms with E-state index in [1.165, 1.54) is 56.7 Å². The molecule has 0 heterocycles. The molecule has 0 amide bonds. The summed E-state index contributed by atoms with van der Waals surface area (Å²) in [6.45, 7) is 2.27. The Morgan fingerprint density at radius 3 is 1.88 bits per heavy atom. The van der Waals surface area contributed by atoms with Gasteiger partial charge in [0.25, 0.3) is 0 Å². The lowest BCUT2D eigenvalue weighted by atomic mass is 10.1. The van der Waals surface area contributed by atoms with Gasteiger partial charge in [-0.05, 0) is 36.2 Å². The Labute approximate surface area is 188 Å². The molecule has 0 aliphatic carbocycles. The number of unbranched alkanes of at least 4 members (excludes halogenated alkanes) is 8. The van der Waals surface area contributed by atoms with Crippen LogP contribution in [-0.4, -0.2) is 18.5 Å². The molecular formula is C26H32F2O4. The largest absolute Gasteiger partial charge is 0.462 e. The molecule has 4 nitrogen and oxygen atoms in total. The number of esters is 2. The SMILES string of the molecule is CCCCCCCCCCCOC(=O)c1ccccc1C(=O)OCc1ccc(F)c(F)c1. The summed E-state index contributed by atoms with van der Waals surface area (Å²) in [6.07, 6.45) is 10.5. The van der Waals surface area contributed by atoms with Crippen LogP contribution < -0.4 is 0 Å². The third-order valence-electron chi connectivity index (χ3n) is 5.20. The fourth-order valence-corrected chi connectivity index (χ4v) is 3.35. The second-order valence-electron chi connectivity index (χ2n) is 7.83. The molecule has 0 radical (unpaired) electrons. The van der Waals surface area contributed by atoms with Crippen molar-refractivity contribution in [2.24, 2.45) is 0 Å². The standard InChI is InChI=1S/C26H32F2O4/c1-2-3-4-5-6-7-8-9-12-17-31-25(29)21-13-10-11-14-22(21)26(30)32-19-20-15-16-23(27)24(28)18-20/h10-11,13-16,18H,2-9,12,17,19H2,1H3. The Hall–Kier alpha value is -2.76. The van der Waals surface area contributed by atoms with Crippen LogP contribution in [-0.2, 0) is 16.1 Å². The average molecular weight is 447 g/mol. The zero-order valence-electron chi connectivity index (χ0n) is 18.7. The van der Waals surface area contributed by atoms with E-state index in [2.05, 4.69) is 6.92 Å². The highest BCUT2D eigenvalue weighted by Crippen LogP contribution is 2.15. The number of ether oxygens (including phenoxy) is 2. The smallest absolute Gasteiger partial charge is 0.339 e. The molecule has 32 heavy (non-hydrogen) atoms. The maximum atomic E-state index is 13.3. The van der Waals surface area contributed by atoms with E-state index in [9.17, 15) is 18.4 Å². The number of carbonyl (C=O) groups is 2. The molecule has 0 spiro atoms. The molecule has 0 aliphatic heterocycles. The van der Waals surface area contributed by atoms with Crippen LogP contribution in [0.3, 0.4) is 0 Å². The van der Waals surface area contributed by atoms with Gasteiger partial charge < -0.3 is 9.47 Å². The molecule has 0 saturated heterocycles. The zero-order chi connectivity index (χ0) is 23.2. The van der Waals surface area contributed by atoms with Gasteiger partial charge in [-0.1, -0.05) is 76.5 Å². The first-order valence-corrected chi connectivity index (χ1v) is 11.4. The third kappa shape index (κ3) is 8.77. The predicted molar refractivity (Wildman–Crippen MR) is 119 cm³/mol. The Morgan fingerprint density at radius 2 is 1.28 bits per heavy atom. The van der Waals surface area contributed by atoms with E-state index < -0.39 is 23.6 Å². The van der Waals surface area contributed by atoms with E-state index in [1.54, 1.807) is 12.1 Å². The second kappa shape index (κ2) is 14.3. The van der Waals surface area contributed by atoms with Crippen LogP contribution in [0, 0.1) is 11.6 Å². The molecule has 0 bridgehead atoms. The van der Waals surface area contributed by atoms with Crippen molar-refractivity contribution in [2.75, 3.05) is 6.61 Å². The van der Waals surface area contributed by atoms with Crippen LogP contribution in [0.2, 0.25) is 0 Å². The number of hydrogen-bond acceptors (Lipinski definition) is 4. The van der Waals surface area contributed by atoms with Gasteiger partial charge in [0.15, 0.2) is 11.6 Å². The summed E-state index contributed by atoms with van der Waals surface area (Å²) in [5.41, 5.74) is 0.508. The summed E-state index contributed by atoms with van der Waals surface area (Å²) in [7, 11) is 0. The minimum absolute atomic E-state index is 0.0761. The van der Waals surface area contributed by atoms with Gasteiger partial charge in [-0.3, -0.25) is 0 Å². The lowest BCUT2D eigenvalue weighted by Gasteiger charge is -2.10. The van der Waals surface area contributed by atoms with E-state index >= 15 is 0 Å². The van der Waals surface area contributed by atoms with Crippen molar-refractivity contribution in [1.29, 1.82) is 0 Å². The minimum Gasteiger partial charge on any atom is -0.462 e. The molecule has 2 aromatic carbocycles. The van der Waals surface area contributed by atoms with Gasteiger partial charge in [-0.25, -0.2) is 18.4 Å². The molecule has 6 heteroatoms. The number of carbonyl (C=O) groups excluding carboxylic acids is 2. The van der Waals surface area contributed by atoms with Gasteiger partial charge in [0.05, 0.1) is 17.7 Å². The van der Waals surface area contributed by atoms with E-state index in [0.29, 0.717) is 12.2 Å². The molecule has 174 valence electrons. The predicted octanol–water partition coefficient (Wildman–Crippen LogP) is 7.01. The third-order valence-corrected chi connectivity index (χ3v) is 5.20. The van der Waals surface area contributed by atoms with Crippen molar-refractivity contribution in [3.63, 3.8) is 0 Å². The van der Waals surface area contributed by atoms with Crippen LogP contribution in [0.5, 0.6) is 0 Å². The number of rotatable bonds is 14. The Morgan fingerprint density at radius 1 is 0.719 bits per heavy atom. The molecule has 0 atom stereocenters. The molecule has 0 unspecified atom stereocenters. The average Bonchev–Trinajstić information content (AvgIpc) is 2.80. The topological polar surface area (TPSA) is 52.6 Å². The van der Waals surface area contributed by atoms with Gasteiger partial charge in [-0.2, -0.15) is 0 Å². The van der Waals surface area contributed by atoms with Gasteiger partial charge in [-0.15, -0.1) is 0 Å². The quantitative estimate of drug-likeness (QED) is 0.231. The van der Waals surface area contributed by atoms with E-state index in [0.717, 1.165) is 31.4 Å². The second-order valence-corrected chi connectivity index (χ2v) is 7.83. The first-order chi connectivity index (χ1) is 15.5. The summed E-state index contributed by atoms with van der Waals surface area (Å²) in [5, 5.41) is 0. The summed E-state index contributed by atoms with van der Waals surface area (Å²) >= 11 is 0. The maximum absolute atomic E-state index is 13.3. The van der Waals surface area contributed by atoms with E-state index in [1.807, 2.05) is 0 Å². The van der Waals surface area contributed by atoms with E-state index in [4.69, 9.17) is 9.47 Å². The Balaban J connectivity index is 1.75. The molecule has 0 fully saturated rings. The highest BCUT2D eigenvalue weighted by Gasteiger charge is 2.19. The lowest BCUT2D eigenvalue weighted by Crippen LogP contribution is -2.14. The number of hydrogen-bond donors (Lipinski definition) is 0. The molecule has 0 saturated carbocycles. The van der Waals surface area contributed by atoms with Crippen molar-refractivity contribution in [3.8, 4) is 0 Å². The van der Waals surface area contributed by atoms with Crippen molar-refractivity contribution in [3.05, 3.63) is 70.8 Å². The van der Waals surface area contributed by atoms with Crippen molar-refractivity contribution < 1.29 is 27.8 Å². The highest BCUT2D eigenvalue weighted by atomic mass is 19.2. The van der Waals surface area contributed by atoms with Crippen LogP contribution in [0.1, 0.15) is 91.0 Å². The minimum atomic E-state index is -1.01. The first kappa shape index (κ1) is 25.5. The van der Waals surface area contributed by atoms with E-state index in [-0.39, 0.29) is 17.7 Å². The maximum Gasteiger partial charge on any atom is 0.339 e. The van der Waals surface area contributed by atoms with Crippen LogP contribution in [0.4, 0.5) is 8.78 Å². The summed E-state index contributed by atoms with van der Waals surface area (Å²) in [4.78, 5) is 24.9. The van der Waals surface area contributed by atoms with Gasteiger partial charge in [0, 0.05) is 0 Å². The summed E-state index contributed by atoms with van der Waals surface area (Å²) in [6, 6.07) is 9.50. The Kier molecular flexibility index (Phi) is 11.4. The zero-order valence-corrected chi connectivity index (χ0v) is 18.7.